The van der Waals surface area contributed by atoms with Crippen LogP contribution in [0.3, 0.4) is 0 Å². The van der Waals surface area contributed by atoms with E-state index in [0.717, 1.165) is 5.56 Å². The van der Waals surface area contributed by atoms with E-state index in [2.05, 4.69) is 20.6 Å². The van der Waals surface area contributed by atoms with Gasteiger partial charge in [0.25, 0.3) is 5.91 Å². The highest BCUT2D eigenvalue weighted by Crippen LogP contribution is 2.28. The lowest BCUT2D eigenvalue weighted by atomic mass is 10.2. The molecule has 0 bridgehead atoms. The molecular formula is C20H20N4O4S. The number of nitrogens with one attached hydrogen (secondary N) is 2. The van der Waals surface area contributed by atoms with Crippen molar-refractivity contribution in [3.63, 3.8) is 0 Å². The number of thiazole rings is 1. The summed E-state index contributed by atoms with van der Waals surface area (Å²) in [6.07, 6.45) is 3.48. The minimum absolute atomic E-state index is 0.133. The number of anilines is 1. The van der Waals surface area contributed by atoms with E-state index < -0.39 is 0 Å². The second kappa shape index (κ2) is 9.65. The molecule has 0 unspecified atom stereocenters. The summed E-state index contributed by atoms with van der Waals surface area (Å²) in [4.78, 5) is 32.8. The predicted molar refractivity (Wildman–Crippen MR) is 109 cm³/mol. The number of methoxy groups -OCH3 is 2. The maximum absolute atomic E-state index is 12.4. The fraction of sp³-hybridized carbons (Fsp3) is 0.200. The van der Waals surface area contributed by atoms with Crippen LogP contribution in [0.25, 0.3) is 0 Å². The van der Waals surface area contributed by atoms with Crippen LogP contribution in [0, 0.1) is 0 Å². The molecule has 29 heavy (non-hydrogen) atoms. The number of aromatic nitrogens is 2. The van der Waals surface area contributed by atoms with E-state index in [0.29, 0.717) is 34.4 Å². The third kappa shape index (κ3) is 5.52. The van der Waals surface area contributed by atoms with E-state index in [1.165, 1.54) is 25.6 Å². The smallest absolute Gasteiger partial charge is 0.257 e. The molecule has 0 radical (unpaired) electrons. The summed E-state index contributed by atoms with van der Waals surface area (Å²) in [7, 11) is 3.04. The van der Waals surface area contributed by atoms with Crippen LogP contribution in [-0.4, -0.2) is 36.0 Å². The Kier molecular flexibility index (Phi) is 6.75. The minimum atomic E-state index is -0.325. The number of pyridine rings is 1. The van der Waals surface area contributed by atoms with Crippen LogP contribution >= 0.6 is 11.3 Å². The highest BCUT2D eigenvalue weighted by Gasteiger charge is 2.13. The van der Waals surface area contributed by atoms with Crippen LogP contribution in [0.15, 0.2) is 48.1 Å². The molecule has 0 saturated carbocycles. The molecule has 2 amide bonds. The normalized spacial score (nSPS) is 10.3. The molecule has 3 aromatic rings. The van der Waals surface area contributed by atoms with Crippen molar-refractivity contribution in [1.82, 2.24) is 15.3 Å². The number of ether oxygens (including phenoxy) is 2. The molecule has 0 aliphatic heterocycles. The van der Waals surface area contributed by atoms with Crippen molar-refractivity contribution in [2.75, 3.05) is 19.5 Å². The zero-order valence-corrected chi connectivity index (χ0v) is 16.8. The first kappa shape index (κ1) is 20.3. The second-order valence-electron chi connectivity index (χ2n) is 5.98. The molecule has 150 valence electrons. The summed E-state index contributed by atoms with van der Waals surface area (Å²) in [5, 5.41) is 7.73. The number of benzene rings is 1. The van der Waals surface area contributed by atoms with Gasteiger partial charge in [0.1, 0.15) is 0 Å². The van der Waals surface area contributed by atoms with Crippen LogP contribution in [-0.2, 0) is 17.8 Å². The first-order chi connectivity index (χ1) is 14.1. The Morgan fingerprint density at radius 2 is 1.83 bits per heavy atom. The van der Waals surface area contributed by atoms with Crippen molar-refractivity contribution in [3.8, 4) is 11.5 Å². The van der Waals surface area contributed by atoms with E-state index >= 15 is 0 Å². The fourth-order valence-corrected chi connectivity index (χ4v) is 3.23. The van der Waals surface area contributed by atoms with Gasteiger partial charge in [0.15, 0.2) is 16.6 Å². The first-order valence-electron chi connectivity index (χ1n) is 8.72. The number of carbonyl (C=O) groups excluding carboxylic acids is 2. The zero-order chi connectivity index (χ0) is 20.6. The Hall–Kier alpha value is -3.46. The molecule has 2 N–H and O–H groups in total. The number of carbonyl (C=O) groups is 2. The quantitative estimate of drug-likeness (QED) is 0.590. The van der Waals surface area contributed by atoms with Gasteiger partial charge in [0.05, 0.1) is 26.3 Å². The number of hydrogen-bond donors (Lipinski definition) is 2. The van der Waals surface area contributed by atoms with E-state index in [-0.39, 0.29) is 18.2 Å². The van der Waals surface area contributed by atoms with Gasteiger partial charge in [-0.25, -0.2) is 4.98 Å². The Labute approximate surface area is 171 Å². The second-order valence-corrected chi connectivity index (χ2v) is 6.83. The van der Waals surface area contributed by atoms with Gasteiger partial charge >= 0.3 is 0 Å². The van der Waals surface area contributed by atoms with Gasteiger partial charge < -0.3 is 14.8 Å². The van der Waals surface area contributed by atoms with Crippen molar-refractivity contribution < 1.29 is 19.1 Å². The maximum Gasteiger partial charge on any atom is 0.257 e. The van der Waals surface area contributed by atoms with E-state index in [1.807, 2.05) is 12.1 Å². The van der Waals surface area contributed by atoms with Crippen molar-refractivity contribution in [3.05, 3.63) is 64.9 Å². The zero-order valence-electron chi connectivity index (χ0n) is 16.0. The van der Waals surface area contributed by atoms with Crippen LogP contribution in [0.1, 0.15) is 21.6 Å². The standard InChI is InChI=1S/C20H20N4O4S/c1-27-16-4-3-14(9-17(16)28-2)19(26)24-20-23-15(12-29-20)10-18(25)22-11-13-5-7-21-8-6-13/h3-9,12H,10-11H2,1-2H3,(H,22,25)(H,23,24,26). The lowest BCUT2D eigenvalue weighted by molar-refractivity contribution is -0.120. The van der Waals surface area contributed by atoms with Gasteiger partial charge in [-0.3, -0.25) is 19.9 Å². The molecule has 0 fully saturated rings. The van der Waals surface area contributed by atoms with Crippen molar-refractivity contribution in [1.29, 1.82) is 0 Å². The Bertz CT molecular complexity index is 991. The van der Waals surface area contributed by atoms with Gasteiger partial charge in [-0.15, -0.1) is 11.3 Å². The lowest BCUT2D eigenvalue weighted by Gasteiger charge is -2.09. The molecule has 2 aromatic heterocycles. The van der Waals surface area contributed by atoms with Gasteiger partial charge in [0, 0.05) is 29.9 Å². The average Bonchev–Trinajstić information content (AvgIpc) is 3.18. The number of rotatable bonds is 8. The fourth-order valence-electron chi connectivity index (χ4n) is 2.52. The van der Waals surface area contributed by atoms with E-state index in [4.69, 9.17) is 9.47 Å². The molecule has 0 aliphatic carbocycles. The van der Waals surface area contributed by atoms with Crippen molar-refractivity contribution in [2.24, 2.45) is 0 Å². The lowest BCUT2D eigenvalue weighted by Crippen LogP contribution is -2.24. The van der Waals surface area contributed by atoms with Crippen molar-refractivity contribution >= 4 is 28.3 Å². The number of hydrogen-bond acceptors (Lipinski definition) is 7. The Morgan fingerprint density at radius 3 is 2.55 bits per heavy atom. The maximum atomic E-state index is 12.4. The monoisotopic (exact) mass is 412 g/mol. The average molecular weight is 412 g/mol. The molecule has 9 heteroatoms. The highest BCUT2D eigenvalue weighted by atomic mass is 32.1. The van der Waals surface area contributed by atoms with Crippen LogP contribution in [0.5, 0.6) is 11.5 Å². The topological polar surface area (TPSA) is 102 Å². The van der Waals surface area contributed by atoms with E-state index in [1.54, 1.807) is 36.0 Å². The molecule has 0 spiro atoms. The molecule has 3 rings (SSSR count). The van der Waals surface area contributed by atoms with Gasteiger partial charge in [-0.05, 0) is 35.9 Å². The summed E-state index contributed by atoms with van der Waals surface area (Å²) in [5.41, 5.74) is 1.97. The molecule has 8 nitrogen and oxygen atoms in total. The van der Waals surface area contributed by atoms with Gasteiger partial charge in [-0.2, -0.15) is 0 Å². The van der Waals surface area contributed by atoms with Crippen LogP contribution in [0.2, 0.25) is 0 Å². The van der Waals surface area contributed by atoms with Crippen LogP contribution in [0.4, 0.5) is 5.13 Å². The Balaban J connectivity index is 1.55. The number of amides is 2. The molecule has 2 heterocycles. The predicted octanol–water partition coefficient (Wildman–Crippen LogP) is 2.67. The summed E-state index contributed by atoms with van der Waals surface area (Å²) < 4.78 is 10.4. The summed E-state index contributed by atoms with van der Waals surface area (Å²) in [5.74, 6) is 0.531. The summed E-state index contributed by atoms with van der Waals surface area (Å²) in [6.45, 7) is 0.425. The minimum Gasteiger partial charge on any atom is -0.493 e. The van der Waals surface area contributed by atoms with Crippen LogP contribution < -0.4 is 20.1 Å². The highest BCUT2D eigenvalue weighted by molar-refractivity contribution is 7.14. The largest absolute Gasteiger partial charge is 0.493 e. The van der Waals surface area contributed by atoms with Gasteiger partial charge in [-0.1, -0.05) is 0 Å². The molecule has 0 aliphatic rings. The summed E-state index contributed by atoms with van der Waals surface area (Å²) >= 11 is 1.26. The molecule has 1 aromatic carbocycles. The summed E-state index contributed by atoms with van der Waals surface area (Å²) in [6, 6.07) is 8.57. The Morgan fingerprint density at radius 1 is 1.07 bits per heavy atom. The SMILES string of the molecule is COc1ccc(C(=O)Nc2nc(CC(=O)NCc3ccncc3)cs2)cc1OC. The number of nitrogens with zero attached hydrogens (tertiary/aromatic N) is 2. The molecular weight excluding hydrogens is 392 g/mol. The third-order valence-corrected chi connectivity index (χ3v) is 4.81. The first-order valence-corrected chi connectivity index (χ1v) is 9.60. The van der Waals surface area contributed by atoms with E-state index in [9.17, 15) is 9.59 Å². The van der Waals surface area contributed by atoms with Crippen molar-refractivity contribution in [2.45, 2.75) is 13.0 Å². The third-order valence-electron chi connectivity index (χ3n) is 4.00. The molecule has 0 saturated heterocycles. The molecule has 0 atom stereocenters. The van der Waals surface area contributed by atoms with Gasteiger partial charge in [0.2, 0.25) is 5.91 Å².